The topological polar surface area (TPSA) is 122 Å². The minimum Gasteiger partial charge on any atom is -0.480 e. The maximum atomic E-state index is 12.5. The van der Waals surface area contributed by atoms with E-state index in [4.69, 9.17) is 15.5 Å². The molecule has 0 bridgehead atoms. The average Bonchev–Trinajstić information content (AvgIpc) is 2.49. The van der Waals surface area contributed by atoms with Gasteiger partial charge in [-0.1, -0.05) is 0 Å². The summed E-state index contributed by atoms with van der Waals surface area (Å²) in [5.41, 5.74) is -0.680. The number of carboxylic acids is 1. The average molecular weight is 359 g/mol. The third kappa shape index (κ3) is 6.17. The van der Waals surface area contributed by atoms with Crippen molar-refractivity contribution < 1.29 is 29.1 Å². The van der Waals surface area contributed by atoms with E-state index in [0.29, 0.717) is 12.8 Å². The Labute approximate surface area is 148 Å². The molecule has 1 rings (SSSR count). The summed E-state index contributed by atoms with van der Waals surface area (Å²) in [6.45, 7) is 6.78. The number of piperidine rings is 1. The Bertz CT molecular complexity index is 505. The van der Waals surface area contributed by atoms with Crippen molar-refractivity contribution in [2.75, 3.05) is 13.6 Å². The van der Waals surface area contributed by atoms with E-state index in [1.54, 1.807) is 20.8 Å². The molecule has 2 amide bonds. The molecule has 0 aromatic carbocycles. The Morgan fingerprint density at radius 2 is 1.92 bits per heavy atom. The Morgan fingerprint density at radius 3 is 2.36 bits per heavy atom. The molecule has 25 heavy (non-hydrogen) atoms. The Kier molecular flexibility index (Phi) is 7.18. The Morgan fingerprint density at radius 1 is 1.32 bits per heavy atom. The van der Waals surface area contributed by atoms with Crippen LogP contribution in [0.5, 0.6) is 0 Å². The normalized spacial score (nSPS) is 22.2. The van der Waals surface area contributed by atoms with Crippen LogP contribution in [0.3, 0.4) is 0 Å². The molecule has 0 aromatic heterocycles. The largest absolute Gasteiger partial charge is 0.480 e. The summed E-state index contributed by atoms with van der Waals surface area (Å²) in [5.74, 6) is 3.79. The zero-order valence-electron chi connectivity index (χ0n) is 15.5. The summed E-state index contributed by atoms with van der Waals surface area (Å²) in [7, 11) is 1.44. The Balaban J connectivity index is 2.97. The molecule has 0 aliphatic carbocycles. The van der Waals surface area contributed by atoms with Crippen LogP contribution in [0.4, 0.5) is 4.79 Å². The van der Waals surface area contributed by atoms with Gasteiger partial charge in [-0.3, -0.25) is 9.63 Å². The fourth-order valence-corrected chi connectivity index (χ4v) is 2.80. The lowest BCUT2D eigenvalue weighted by Gasteiger charge is -2.41. The van der Waals surface area contributed by atoms with Crippen LogP contribution in [0.25, 0.3) is 0 Å². The van der Waals surface area contributed by atoms with Gasteiger partial charge in [0.25, 0.3) is 0 Å². The molecule has 3 unspecified atom stereocenters. The molecule has 0 spiro atoms. The summed E-state index contributed by atoms with van der Waals surface area (Å²) in [5, 5.41) is 9.46. The van der Waals surface area contributed by atoms with Gasteiger partial charge < -0.3 is 19.6 Å². The maximum Gasteiger partial charge on any atom is 0.410 e. The van der Waals surface area contributed by atoms with Crippen LogP contribution in [0.15, 0.2) is 0 Å². The van der Waals surface area contributed by atoms with Crippen molar-refractivity contribution in [1.82, 2.24) is 9.80 Å². The summed E-state index contributed by atoms with van der Waals surface area (Å²) in [6, 6.07) is -1.41. The van der Waals surface area contributed by atoms with Gasteiger partial charge in [-0.05, 0) is 40.0 Å². The number of likely N-dealkylation sites (N-methyl/N-ethyl adjacent to an activating group) is 1. The molecule has 3 N–H and O–H groups in total. The highest BCUT2D eigenvalue weighted by Crippen LogP contribution is 2.26. The summed E-state index contributed by atoms with van der Waals surface area (Å²) >= 11 is 0. The summed E-state index contributed by atoms with van der Waals surface area (Å²) < 4.78 is 5.41. The van der Waals surface area contributed by atoms with Gasteiger partial charge in [0.1, 0.15) is 11.6 Å². The predicted molar refractivity (Wildman–Crippen MR) is 89.5 cm³/mol. The van der Waals surface area contributed by atoms with Crippen molar-refractivity contribution in [3.05, 3.63) is 0 Å². The van der Waals surface area contributed by atoms with Crippen LogP contribution in [0, 0.1) is 0 Å². The molecular weight excluding hydrogens is 330 g/mol. The van der Waals surface area contributed by atoms with Gasteiger partial charge >= 0.3 is 12.1 Å². The van der Waals surface area contributed by atoms with Crippen LogP contribution in [0.2, 0.25) is 0 Å². The van der Waals surface area contributed by atoms with Gasteiger partial charge in [-0.15, -0.1) is 0 Å². The highest BCUT2D eigenvalue weighted by atomic mass is 16.6. The van der Waals surface area contributed by atoms with Gasteiger partial charge in [-0.2, -0.15) is 0 Å². The third-order valence-corrected chi connectivity index (χ3v) is 4.23. The van der Waals surface area contributed by atoms with E-state index in [9.17, 15) is 19.5 Å². The van der Waals surface area contributed by atoms with Crippen molar-refractivity contribution in [2.45, 2.75) is 70.7 Å². The van der Waals surface area contributed by atoms with Crippen LogP contribution in [-0.2, 0) is 19.2 Å². The van der Waals surface area contributed by atoms with Gasteiger partial charge in [0.15, 0.2) is 0 Å². The maximum absolute atomic E-state index is 12.5. The van der Waals surface area contributed by atoms with Crippen LogP contribution >= 0.6 is 0 Å². The first-order valence-electron chi connectivity index (χ1n) is 8.27. The van der Waals surface area contributed by atoms with Crippen LogP contribution in [-0.4, -0.2) is 70.3 Å². The standard InChI is InChI=1S/C16H29N3O6/c1-10(20)18(5)13(14(21)22)8-11-6-7-12(25-17)9-19(11)15(23)24-16(2,3)4/h11-13H,6-9,17H2,1-5H3,(H,21,22). The van der Waals surface area contributed by atoms with E-state index in [-0.39, 0.29) is 31.0 Å². The molecule has 1 fully saturated rings. The van der Waals surface area contributed by atoms with E-state index in [1.165, 1.54) is 23.8 Å². The number of likely N-dealkylation sites (tertiary alicyclic amines) is 1. The molecule has 1 heterocycles. The zero-order valence-corrected chi connectivity index (χ0v) is 15.5. The first-order chi connectivity index (χ1) is 11.5. The number of nitrogens with zero attached hydrogens (tertiary/aromatic N) is 2. The van der Waals surface area contributed by atoms with Crippen molar-refractivity contribution in [3.8, 4) is 0 Å². The molecule has 0 radical (unpaired) electrons. The van der Waals surface area contributed by atoms with E-state index in [0.717, 1.165) is 0 Å². The lowest BCUT2D eigenvalue weighted by atomic mass is 9.94. The number of nitrogens with two attached hydrogens (primary N) is 1. The van der Waals surface area contributed by atoms with E-state index in [2.05, 4.69) is 0 Å². The van der Waals surface area contributed by atoms with E-state index < -0.39 is 23.7 Å². The van der Waals surface area contributed by atoms with Crippen molar-refractivity contribution in [2.24, 2.45) is 5.90 Å². The quantitative estimate of drug-likeness (QED) is 0.701. The fraction of sp³-hybridized carbons (Fsp3) is 0.812. The SMILES string of the molecule is CC(=O)N(C)C(CC1CCC(ON)CN1C(=O)OC(C)(C)C)C(=O)O. The predicted octanol–water partition coefficient (Wildman–Crippen LogP) is 0.966. The second-order valence-corrected chi connectivity index (χ2v) is 7.34. The van der Waals surface area contributed by atoms with Crippen LogP contribution in [0.1, 0.15) is 47.0 Å². The number of hydrogen-bond acceptors (Lipinski definition) is 6. The van der Waals surface area contributed by atoms with E-state index >= 15 is 0 Å². The van der Waals surface area contributed by atoms with Crippen molar-refractivity contribution in [1.29, 1.82) is 0 Å². The molecule has 0 saturated carbocycles. The number of carboxylic acid groups (broad SMARTS) is 1. The van der Waals surface area contributed by atoms with Gasteiger partial charge in [-0.25, -0.2) is 15.5 Å². The van der Waals surface area contributed by atoms with E-state index in [1.807, 2.05) is 0 Å². The molecule has 1 aliphatic heterocycles. The number of hydrogen-bond donors (Lipinski definition) is 2. The molecule has 144 valence electrons. The Hall–Kier alpha value is -1.87. The minimum atomic E-state index is -1.11. The molecule has 1 saturated heterocycles. The first-order valence-corrected chi connectivity index (χ1v) is 8.27. The molecule has 9 heteroatoms. The molecule has 9 nitrogen and oxygen atoms in total. The number of amides is 2. The highest BCUT2D eigenvalue weighted by molar-refractivity contribution is 5.82. The number of carbonyl (C=O) groups is 3. The third-order valence-electron chi connectivity index (χ3n) is 4.23. The summed E-state index contributed by atoms with van der Waals surface area (Å²) in [6.07, 6.45) is 0.335. The number of carbonyl (C=O) groups excluding carboxylic acids is 2. The lowest BCUT2D eigenvalue weighted by Crippen LogP contribution is -2.54. The number of rotatable bonds is 5. The summed E-state index contributed by atoms with van der Waals surface area (Å²) in [4.78, 5) is 43.1. The van der Waals surface area contributed by atoms with Gasteiger partial charge in [0.2, 0.25) is 5.91 Å². The number of ether oxygens (including phenoxy) is 1. The van der Waals surface area contributed by atoms with Gasteiger partial charge in [0.05, 0.1) is 12.6 Å². The minimum absolute atomic E-state index is 0.113. The first kappa shape index (κ1) is 21.2. The molecular formula is C16H29N3O6. The van der Waals surface area contributed by atoms with Gasteiger partial charge in [0, 0.05) is 20.0 Å². The molecule has 1 aliphatic rings. The smallest absolute Gasteiger partial charge is 0.410 e. The van der Waals surface area contributed by atoms with Crippen molar-refractivity contribution >= 4 is 18.0 Å². The lowest BCUT2D eigenvalue weighted by molar-refractivity contribution is -0.149. The molecule has 0 aromatic rings. The number of aliphatic carboxylic acids is 1. The van der Waals surface area contributed by atoms with Crippen LogP contribution < -0.4 is 5.90 Å². The monoisotopic (exact) mass is 359 g/mol. The zero-order chi connectivity index (χ0) is 19.4. The van der Waals surface area contributed by atoms with Crippen molar-refractivity contribution in [3.63, 3.8) is 0 Å². The molecule has 3 atom stereocenters. The highest BCUT2D eigenvalue weighted by Gasteiger charge is 2.38. The second-order valence-electron chi connectivity index (χ2n) is 7.34. The fourth-order valence-electron chi connectivity index (χ4n) is 2.80. The second kappa shape index (κ2) is 8.48.